The zero-order chi connectivity index (χ0) is 22.2. The first-order valence-corrected chi connectivity index (χ1v) is 12.0. The molecule has 1 atom stereocenters. The summed E-state index contributed by atoms with van der Waals surface area (Å²) >= 11 is 3.07. The van der Waals surface area contributed by atoms with Gasteiger partial charge in [-0.05, 0) is 73.3 Å². The lowest BCUT2D eigenvalue weighted by molar-refractivity contribution is -0.135. The molecule has 0 bridgehead atoms. The van der Waals surface area contributed by atoms with Crippen LogP contribution in [0, 0.1) is 5.82 Å². The predicted octanol–water partition coefficient (Wildman–Crippen LogP) is 5.36. The van der Waals surface area contributed by atoms with Crippen molar-refractivity contribution in [3.8, 4) is 0 Å². The molecule has 0 fully saturated rings. The fourth-order valence-electron chi connectivity index (χ4n) is 3.96. The standard InChI is InChI=1S/C24H25FN2O2S2/c1-24(2,3)27(23(29)20-5-4-13-30-20)15-21(28)26-12-10-19-18(11-14-31-19)22(26)16-6-8-17(25)9-7-16/h4-9,11,13-14,22H,10,12,15H2,1-3H3. The van der Waals surface area contributed by atoms with Gasteiger partial charge >= 0.3 is 0 Å². The monoisotopic (exact) mass is 456 g/mol. The summed E-state index contributed by atoms with van der Waals surface area (Å²) in [6.45, 7) is 6.39. The number of rotatable bonds is 4. The number of benzene rings is 1. The molecule has 31 heavy (non-hydrogen) atoms. The molecule has 3 heterocycles. The molecule has 1 aliphatic rings. The third-order valence-electron chi connectivity index (χ3n) is 5.55. The molecule has 4 rings (SSSR count). The molecule has 0 saturated heterocycles. The number of thiophene rings is 2. The summed E-state index contributed by atoms with van der Waals surface area (Å²) in [4.78, 5) is 32.1. The van der Waals surface area contributed by atoms with E-state index in [4.69, 9.17) is 0 Å². The average Bonchev–Trinajstić information content (AvgIpc) is 3.42. The molecule has 4 nitrogen and oxygen atoms in total. The van der Waals surface area contributed by atoms with Crippen LogP contribution in [0.1, 0.15) is 52.5 Å². The number of halogens is 1. The molecule has 0 aliphatic carbocycles. The van der Waals surface area contributed by atoms with E-state index < -0.39 is 5.54 Å². The van der Waals surface area contributed by atoms with Crippen LogP contribution in [-0.4, -0.2) is 40.2 Å². The van der Waals surface area contributed by atoms with Crippen LogP contribution >= 0.6 is 22.7 Å². The van der Waals surface area contributed by atoms with Crippen LogP contribution in [0.5, 0.6) is 0 Å². The SMILES string of the molecule is CC(C)(C)N(CC(=O)N1CCc2sccc2C1c1ccc(F)cc1)C(=O)c1cccs1. The van der Waals surface area contributed by atoms with Gasteiger partial charge in [0.25, 0.3) is 5.91 Å². The fourth-order valence-corrected chi connectivity index (χ4v) is 5.54. The number of amides is 2. The van der Waals surface area contributed by atoms with Gasteiger partial charge < -0.3 is 9.80 Å². The minimum Gasteiger partial charge on any atom is -0.330 e. The van der Waals surface area contributed by atoms with Gasteiger partial charge in [-0.2, -0.15) is 0 Å². The van der Waals surface area contributed by atoms with Gasteiger partial charge in [0.1, 0.15) is 12.4 Å². The summed E-state index contributed by atoms with van der Waals surface area (Å²) in [7, 11) is 0. The van der Waals surface area contributed by atoms with Crippen LogP contribution in [-0.2, 0) is 11.2 Å². The molecule has 7 heteroatoms. The molecule has 0 radical (unpaired) electrons. The summed E-state index contributed by atoms with van der Waals surface area (Å²) in [6, 6.07) is 11.7. The van der Waals surface area contributed by atoms with E-state index in [-0.39, 0.29) is 30.2 Å². The maximum Gasteiger partial charge on any atom is 0.264 e. The Morgan fingerprint density at radius 2 is 1.84 bits per heavy atom. The Kier molecular flexibility index (Phi) is 5.99. The van der Waals surface area contributed by atoms with E-state index in [9.17, 15) is 14.0 Å². The molecule has 2 aromatic heterocycles. The average molecular weight is 457 g/mol. The second kappa shape index (κ2) is 8.55. The molecular weight excluding hydrogens is 431 g/mol. The normalized spacial score (nSPS) is 16.1. The van der Waals surface area contributed by atoms with Crippen LogP contribution < -0.4 is 0 Å². The number of hydrogen-bond acceptors (Lipinski definition) is 4. The molecular formula is C24H25FN2O2S2. The fraction of sp³-hybridized carbons (Fsp3) is 0.333. The lowest BCUT2D eigenvalue weighted by Crippen LogP contribution is -2.52. The largest absolute Gasteiger partial charge is 0.330 e. The lowest BCUT2D eigenvalue weighted by atomic mass is 9.93. The Morgan fingerprint density at radius 3 is 2.48 bits per heavy atom. The minimum atomic E-state index is -0.508. The van der Waals surface area contributed by atoms with E-state index in [1.165, 1.54) is 28.3 Å². The Hall–Kier alpha value is -2.51. The maximum atomic E-state index is 13.6. The molecule has 1 aromatic carbocycles. The summed E-state index contributed by atoms with van der Waals surface area (Å²) in [5, 5.41) is 3.90. The van der Waals surface area contributed by atoms with Crippen LogP contribution in [0.15, 0.2) is 53.2 Å². The predicted molar refractivity (Wildman–Crippen MR) is 123 cm³/mol. The molecule has 0 N–H and O–H groups in total. The van der Waals surface area contributed by atoms with Crippen molar-refractivity contribution in [1.29, 1.82) is 0 Å². The van der Waals surface area contributed by atoms with Gasteiger partial charge in [-0.3, -0.25) is 9.59 Å². The van der Waals surface area contributed by atoms with Gasteiger partial charge in [-0.1, -0.05) is 18.2 Å². The van der Waals surface area contributed by atoms with Crippen molar-refractivity contribution in [3.63, 3.8) is 0 Å². The van der Waals surface area contributed by atoms with Crippen molar-refractivity contribution in [2.45, 2.75) is 38.8 Å². The summed E-state index contributed by atoms with van der Waals surface area (Å²) in [5.41, 5.74) is 1.45. The first-order valence-electron chi connectivity index (χ1n) is 10.2. The van der Waals surface area contributed by atoms with Crippen molar-refractivity contribution >= 4 is 34.5 Å². The van der Waals surface area contributed by atoms with E-state index in [2.05, 4.69) is 0 Å². The Morgan fingerprint density at radius 1 is 1.10 bits per heavy atom. The molecule has 1 aliphatic heterocycles. The summed E-state index contributed by atoms with van der Waals surface area (Å²) in [6.07, 6.45) is 0.783. The van der Waals surface area contributed by atoms with Crippen molar-refractivity contribution in [3.05, 3.63) is 79.9 Å². The number of carbonyl (C=O) groups excluding carboxylic acids is 2. The number of nitrogens with zero attached hydrogens (tertiary/aromatic N) is 2. The van der Waals surface area contributed by atoms with Gasteiger partial charge in [0, 0.05) is 17.0 Å². The first-order chi connectivity index (χ1) is 14.8. The van der Waals surface area contributed by atoms with Gasteiger partial charge in [0.2, 0.25) is 5.91 Å². The lowest BCUT2D eigenvalue weighted by Gasteiger charge is -2.40. The molecule has 0 saturated carbocycles. The highest BCUT2D eigenvalue weighted by Gasteiger charge is 2.36. The highest BCUT2D eigenvalue weighted by molar-refractivity contribution is 7.12. The number of hydrogen-bond donors (Lipinski definition) is 0. The first kappa shape index (κ1) is 21.7. The topological polar surface area (TPSA) is 40.6 Å². The number of carbonyl (C=O) groups is 2. The number of fused-ring (bicyclic) bond motifs is 1. The highest BCUT2D eigenvalue weighted by Crippen LogP contribution is 2.38. The molecule has 3 aromatic rings. The van der Waals surface area contributed by atoms with Crippen molar-refractivity contribution in [2.75, 3.05) is 13.1 Å². The van der Waals surface area contributed by atoms with Crippen molar-refractivity contribution in [2.24, 2.45) is 0 Å². The van der Waals surface area contributed by atoms with Gasteiger partial charge in [0.05, 0.1) is 10.9 Å². The van der Waals surface area contributed by atoms with Gasteiger partial charge in [0.15, 0.2) is 0 Å². The molecule has 2 amide bonds. The third kappa shape index (κ3) is 4.43. The van der Waals surface area contributed by atoms with E-state index >= 15 is 0 Å². The maximum absolute atomic E-state index is 13.6. The van der Waals surface area contributed by atoms with E-state index in [0.717, 1.165) is 17.5 Å². The zero-order valence-electron chi connectivity index (χ0n) is 17.8. The van der Waals surface area contributed by atoms with E-state index in [1.54, 1.807) is 34.4 Å². The Labute approximate surface area is 189 Å². The van der Waals surface area contributed by atoms with Gasteiger partial charge in [-0.15, -0.1) is 22.7 Å². The van der Waals surface area contributed by atoms with Crippen LogP contribution in [0.4, 0.5) is 4.39 Å². The Balaban J connectivity index is 1.65. The zero-order valence-corrected chi connectivity index (χ0v) is 19.4. The van der Waals surface area contributed by atoms with Crippen molar-refractivity contribution < 1.29 is 14.0 Å². The summed E-state index contributed by atoms with van der Waals surface area (Å²) in [5.74, 6) is -0.545. The quantitative estimate of drug-likeness (QED) is 0.530. The van der Waals surface area contributed by atoms with Crippen LogP contribution in [0.25, 0.3) is 0 Å². The van der Waals surface area contributed by atoms with E-state index in [1.807, 2.05) is 48.6 Å². The van der Waals surface area contributed by atoms with Crippen molar-refractivity contribution in [1.82, 2.24) is 9.80 Å². The second-order valence-corrected chi connectivity index (χ2v) is 10.6. The molecule has 162 valence electrons. The summed E-state index contributed by atoms with van der Waals surface area (Å²) < 4.78 is 13.6. The van der Waals surface area contributed by atoms with Crippen LogP contribution in [0.3, 0.4) is 0 Å². The van der Waals surface area contributed by atoms with Gasteiger partial charge in [-0.25, -0.2) is 4.39 Å². The van der Waals surface area contributed by atoms with Crippen LogP contribution in [0.2, 0.25) is 0 Å². The third-order valence-corrected chi connectivity index (χ3v) is 7.41. The minimum absolute atomic E-state index is 0.00258. The molecule has 0 spiro atoms. The molecule has 1 unspecified atom stereocenters. The smallest absolute Gasteiger partial charge is 0.264 e. The van der Waals surface area contributed by atoms with E-state index in [0.29, 0.717) is 11.4 Å². The second-order valence-electron chi connectivity index (χ2n) is 8.63. The highest BCUT2D eigenvalue weighted by atomic mass is 32.1. The Bertz CT molecular complexity index is 1070.